The summed E-state index contributed by atoms with van der Waals surface area (Å²) in [4.78, 5) is 11.0. The molecule has 74 valence electrons. The molecule has 1 spiro atoms. The second-order valence-corrected chi connectivity index (χ2v) is 4.30. The van der Waals surface area contributed by atoms with Crippen molar-refractivity contribution in [1.29, 1.82) is 0 Å². The van der Waals surface area contributed by atoms with Crippen LogP contribution in [0, 0.1) is 5.92 Å². The van der Waals surface area contributed by atoms with Gasteiger partial charge in [-0.2, -0.15) is 0 Å². The maximum Gasteiger partial charge on any atom is 0.407 e. The van der Waals surface area contributed by atoms with E-state index < -0.39 is 0 Å². The molecule has 0 aromatic rings. The van der Waals surface area contributed by atoms with Crippen molar-refractivity contribution in [3.8, 4) is 0 Å². The summed E-state index contributed by atoms with van der Waals surface area (Å²) >= 11 is 0. The Balaban J connectivity index is 2.02. The van der Waals surface area contributed by atoms with E-state index in [-0.39, 0.29) is 11.7 Å². The first-order valence-corrected chi connectivity index (χ1v) is 5.21. The van der Waals surface area contributed by atoms with Crippen molar-refractivity contribution in [1.82, 2.24) is 5.32 Å². The monoisotopic (exact) mass is 183 g/mol. The third kappa shape index (κ3) is 1.64. The smallest absolute Gasteiger partial charge is 0.407 e. The lowest BCUT2D eigenvalue weighted by molar-refractivity contribution is 0.00651. The highest BCUT2D eigenvalue weighted by molar-refractivity contribution is 5.70. The van der Waals surface area contributed by atoms with Crippen molar-refractivity contribution in [2.24, 2.45) is 5.92 Å². The van der Waals surface area contributed by atoms with Crippen LogP contribution < -0.4 is 5.32 Å². The molecule has 2 atom stereocenters. The van der Waals surface area contributed by atoms with E-state index in [1.807, 2.05) is 0 Å². The van der Waals surface area contributed by atoms with E-state index in [4.69, 9.17) is 4.74 Å². The quantitative estimate of drug-likeness (QED) is 0.675. The van der Waals surface area contributed by atoms with Crippen molar-refractivity contribution in [2.75, 3.05) is 6.54 Å². The van der Waals surface area contributed by atoms with E-state index in [0.717, 1.165) is 25.3 Å². The molecule has 0 radical (unpaired) electrons. The molecule has 1 N–H and O–H groups in total. The van der Waals surface area contributed by atoms with Crippen molar-refractivity contribution in [3.63, 3.8) is 0 Å². The van der Waals surface area contributed by atoms with E-state index >= 15 is 0 Å². The number of nitrogens with one attached hydrogen (secondary N) is 1. The van der Waals surface area contributed by atoms with Gasteiger partial charge in [0.15, 0.2) is 0 Å². The van der Waals surface area contributed by atoms with E-state index in [9.17, 15) is 4.79 Å². The van der Waals surface area contributed by atoms with E-state index in [1.165, 1.54) is 19.3 Å². The molecule has 1 saturated carbocycles. The first kappa shape index (κ1) is 8.85. The van der Waals surface area contributed by atoms with E-state index in [2.05, 4.69) is 12.2 Å². The maximum absolute atomic E-state index is 11.0. The molecule has 2 unspecified atom stereocenters. The molecule has 0 aromatic heterocycles. The molecule has 1 amide bonds. The molecule has 13 heavy (non-hydrogen) atoms. The second-order valence-electron chi connectivity index (χ2n) is 4.30. The van der Waals surface area contributed by atoms with Gasteiger partial charge in [0, 0.05) is 0 Å². The Labute approximate surface area is 78.8 Å². The highest BCUT2D eigenvalue weighted by atomic mass is 16.6. The van der Waals surface area contributed by atoms with E-state index in [1.54, 1.807) is 0 Å². The number of hydrogen-bond donors (Lipinski definition) is 1. The van der Waals surface area contributed by atoms with E-state index in [0.29, 0.717) is 0 Å². The van der Waals surface area contributed by atoms with Crippen molar-refractivity contribution >= 4 is 6.09 Å². The highest BCUT2D eigenvalue weighted by Gasteiger charge is 2.43. The Morgan fingerprint density at radius 3 is 3.15 bits per heavy atom. The number of amides is 1. The van der Waals surface area contributed by atoms with Gasteiger partial charge in [0.1, 0.15) is 5.60 Å². The molecule has 2 aliphatic rings. The van der Waals surface area contributed by atoms with Crippen LogP contribution in [-0.2, 0) is 4.74 Å². The number of ether oxygens (including phenoxy) is 1. The number of hydrogen-bond acceptors (Lipinski definition) is 2. The van der Waals surface area contributed by atoms with Crippen molar-refractivity contribution < 1.29 is 9.53 Å². The van der Waals surface area contributed by atoms with Gasteiger partial charge in [-0.25, -0.2) is 4.79 Å². The maximum atomic E-state index is 11.0. The summed E-state index contributed by atoms with van der Waals surface area (Å²) in [7, 11) is 0. The highest BCUT2D eigenvalue weighted by Crippen LogP contribution is 2.38. The third-order valence-electron chi connectivity index (χ3n) is 3.35. The Morgan fingerprint density at radius 1 is 1.69 bits per heavy atom. The van der Waals surface area contributed by atoms with Crippen LogP contribution in [0.2, 0.25) is 0 Å². The van der Waals surface area contributed by atoms with Gasteiger partial charge >= 0.3 is 6.09 Å². The third-order valence-corrected chi connectivity index (χ3v) is 3.35. The van der Waals surface area contributed by atoms with Gasteiger partial charge in [-0.15, -0.1) is 0 Å². The van der Waals surface area contributed by atoms with Gasteiger partial charge in [0.25, 0.3) is 0 Å². The zero-order valence-electron chi connectivity index (χ0n) is 8.14. The fourth-order valence-electron chi connectivity index (χ4n) is 2.55. The normalized spacial score (nSPS) is 38.8. The largest absolute Gasteiger partial charge is 0.441 e. The minimum Gasteiger partial charge on any atom is -0.441 e. The SMILES string of the molecule is CCC1CCCC2(CNC(=O)O2)C1. The lowest BCUT2D eigenvalue weighted by Gasteiger charge is -2.35. The van der Waals surface area contributed by atoms with Gasteiger partial charge in [-0.1, -0.05) is 19.8 Å². The predicted molar refractivity (Wildman–Crippen MR) is 49.5 cm³/mol. The van der Waals surface area contributed by atoms with Crippen LogP contribution in [0.5, 0.6) is 0 Å². The molecule has 1 aliphatic heterocycles. The number of alkyl carbamates (subject to hydrolysis) is 1. The van der Waals surface area contributed by atoms with Gasteiger partial charge in [0.2, 0.25) is 0 Å². The fraction of sp³-hybridized carbons (Fsp3) is 0.900. The van der Waals surface area contributed by atoms with Gasteiger partial charge in [-0.05, 0) is 25.2 Å². The molecule has 3 nitrogen and oxygen atoms in total. The molecule has 0 bridgehead atoms. The lowest BCUT2D eigenvalue weighted by Crippen LogP contribution is -2.38. The van der Waals surface area contributed by atoms with Crippen LogP contribution in [0.25, 0.3) is 0 Å². The Morgan fingerprint density at radius 2 is 2.54 bits per heavy atom. The molecule has 0 aromatic carbocycles. The summed E-state index contributed by atoms with van der Waals surface area (Å²) < 4.78 is 5.37. The van der Waals surface area contributed by atoms with Gasteiger partial charge in [0.05, 0.1) is 6.54 Å². The van der Waals surface area contributed by atoms with Crippen LogP contribution >= 0.6 is 0 Å². The molecule has 2 rings (SSSR count). The second kappa shape index (κ2) is 3.20. The first-order chi connectivity index (χ1) is 6.24. The molecular formula is C10H17NO2. The van der Waals surface area contributed by atoms with Crippen LogP contribution in [0.4, 0.5) is 4.79 Å². The average Bonchev–Trinajstić information content (AvgIpc) is 2.47. The molecule has 3 heteroatoms. The molecular weight excluding hydrogens is 166 g/mol. The van der Waals surface area contributed by atoms with Crippen LogP contribution in [-0.4, -0.2) is 18.2 Å². The number of carbonyl (C=O) groups is 1. The molecule has 2 fully saturated rings. The average molecular weight is 183 g/mol. The minimum atomic E-state index is -0.225. The number of carbonyl (C=O) groups excluding carboxylic acids is 1. The van der Waals surface area contributed by atoms with Gasteiger partial charge < -0.3 is 10.1 Å². The Bertz CT molecular complexity index is 217. The summed E-state index contributed by atoms with van der Waals surface area (Å²) in [6.45, 7) is 2.94. The first-order valence-electron chi connectivity index (χ1n) is 5.21. The van der Waals surface area contributed by atoms with Crippen molar-refractivity contribution in [2.45, 2.75) is 44.6 Å². The Hall–Kier alpha value is -0.730. The zero-order valence-corrected chi connectivity index (χ0v) is 8.14. The Kier molecular flexibility index (Phi) is 2.18. The minimum absolute atomic E-state index is 0.143. The number of rotatable bonds is 1. The zero-order chi connectivity index (χ0) is 9.31. The van der Waals surface area contributed by atoms with Crippen LogP contribution in [0.1, 0.15) is 39.0 Å². The summed E-state index contributed by atoms with van der Waals surface area (Å²) in [5, 5.41) is 2.76. The van der Waals surface area contributed by atoms with Gasteiger partial charge in [-0.3, -0.25) is 0 Å². The summed E-state index contributed by atoms with van der Waals surface area (Å²) in [6.07, 6.45) is 5.59. The topological polar surface area (TPSA) is 38.3 Å². The lowest BCUT2D eigenvalue weighted by atomic mass is 9.77. The molecule has 1 heterocycles. The summed E-state index contributed by atoms with van der Waals surface area (Å²) in [5.41, 5.74) is -0.143. The van der Waals surface area contributed by atoms with Crippen molar-refractivity contribution in [3.05, 3.63) is 0 Å². The molecule has 1 aliphatic carbocycles. The van der Waals surface area contributed by atoms with Crippen LogP contribution in [0.3, 0.4) is 0 Å². The fourth-order valence-corrected chi connectivity index (χ4v) is 2.55. The predicted octanol–water partition coefficient (Wildman–Crippen LogP) is 2.07. The molecule has 1 saturated heterocycles. The summed E-state index contributed by atoms with van der Waals surface area (Å²) in [6, 6.07) is 0. The standard InChI is InChI=1S/C10H17NO2/c1-2-8-4-3-5-10(6-8)7-11-9(12)13-10/h8H,2-7H2,1H3,(H,11,12). The van der Waals surface area contributed by atoms with Crippen LogP contribution in [0.15, 0.2) is 0 Å². The summed E-state index contributed by atoms with van der Waals surface area (Å²) in [5.74, 6) is 0.751.